The standard InChI is InChI=1S/C16H18BrNO2S/c1-12-7-8-16(15(17)11-12)21(19,20)18-10-9-14-6-4-3-5-13(14)2/h3-8,11,18H,9-10H2,1-2H3. The Labute approximate surface area is 134 Å². The lowest BCUT2D eigenvalue weighted by Gasteiger charge is -2.10. The van der Waals surface area contributed by atoms with Gasteiger partial charge in [0.15, 0.2) is 0 Å². The van der Waals surface area contributed by atoms with E-state index in [0.717, 1.165) is 11.1 Å². The Morgan fingerprint density at radius 2 is 1.81 bits per heavy atom. The van der Waals surface area contributed by atoms with Crippen LogP contribution in [0.15, 0.2) is 51.8 Å². The van der Waals surface area contributed by atoms with Crippen LogP contribution in [0.25, 0.3) is 0 Å². The van der Waals surface area contributed by atoms with Crippen molar-refractivity contribution < 1.29 is 8.42 Å². The summed E-state index contributed by atoms with van der Waals surface area (Å²) < 4.78 is 27.8. The van der Waals surface area contributed by atoms with Gasteiger partial charge in [-0.25, -0.2) is 13.1 Å². The zero-order valence-corrected chi connectivity index (χ0v) is 14.5. The van der Waals surface area contributed by atoms with Crippen molar-refractivity contribution in [2.24, 2.45) is 0 Å². The molecule has 0 saturated carbocycles. The molecular formula is C16H18BrNO2S. The monoisotopic (exact) mass is 367 g/mol. The van der Waals surface area contributed by atoms with Gasteiger partial charge in [-0.3, -0.25) is 0 Å². The van der Waals surface area contributed by atoms with Crippen molar-refractivity contribution in [3.05, 3.63) is 63.6 Å². The van der Waals surface area contributed by atoms with Crippen LogP contribution in [0.5, 0.6) is 0 Å². The largest absolute Gasteiger partial charge is 0.241 e. The summed E-state index contributed by atoms with van der Waals surface area (Å²) in [7, 11) is -3.49. The van der Waals surface area contributed by atoms with Gasteiger partial charge in [-0.2, -0.15) is 0 Å². The quantitative estimate of drug-likeness (QED) is 0.877. The van der Waals surface area contributed by atoms with Crippen LogP contribution in [0, 0.1) is 13.8 Å². The molecule has 0 aliphatic rings. The molecule has 21 heavy (non-hydrogen) atoms. The summed E-state index contributed by atoms with van der Waals surface area (Å²) >= 11 is 3.31. The third kappa shape index (κ3) is 4.15. The molecule has 0 amide bonds. The van der Waals surface area contributed by atoms with Crippen LogP contribution in [0.1, 0.15) is 16.7 Å². The molecule has 2 rings (SSSR count). The molecule has 0 heterocycles. The normalized spacial score (nSPS) is 11.6. The van der Waals surface area contributed by atoms with E-state index in [-0.39, 0.29) is 4.90 Å². The van der Waals surface area contributed by atoms with Crippen molar-refractivity contribution >= 4 is 26.0 Å². The summed E-state index contributed by atoms with van der Waals surface area (Å²) in [5.41, 5.74) is 3.34. The van der Waals surface area contributed by atoms with Gasteiger partial charge in [-0.1, -0.05) is 30.3 Å². The summed E-state index contributed by atoms with van der Waals surface area (Å²) in [4.78, 5) is 0.276. The number of nitrogens with one attached hydrogen (secondary N) is 1. The summed E-state index contributed by atoms with van der Waals surface area (Å²) in [5, 5.41) is 0. The highest BCUT2D eigenvalue weighted by Crippen LogP contribution is 2.22. The molecule has 0 bridgehead atoms. The summed E-state index contributed by atoms with van der Waals surface area (Å²) in [6, 6.07) is 13.2. The number of hydrogen-bond donors (Lipinski definition) is 1. The number of benzene rings is 2. The van der Waals surface area contributed by atoms with Crippen molar-refractivity contribution in [3.63, 3.8) is 0 Å². The van der Waals surface area contributed by atoms with Gasteiger partial charge in [0.1, 0.15) is 0 Å². The predicted molar refractivity (Wildman–Crippen MR) is 89.0 cm³/mol. The molecule has 2 aromatic rings. The topological polar surface area (TPSA) is 46.2 Å². The van der Waals surface area contributed by atoms with E-state index >= 15 is 0 Å². The molecule has 0 aliphatic carbocycles. The highest BCUT2D eigenvalue weighted by molar-refractivity contribution is 9.10. The fraction of sp³-hybridized carbons (Fsp3) is 0.250. The van der Waals surface area contributed by atoms with Crippen molar-refractivity contribution in [1.29, 1.82) is 0 Å². The maximum atomic E-state index is 12.3. The second-order valence-corrected chi connectivity index (χ2v) is 7.60. The maximum absolute atomic E-state index is 12.3. The number of aryl methyl sites for hydroxylation is 2. The van der Waals surface area contributed by atoms with Gasteiger partial charge < -0.3 is 0 Å². The molecule has 0 unspecified atom stereocenters. The number of hydrogen-bond acceptors (Lipinski definition) is 2. The minimum Gasteiger partial charge on any atom is -0.211 e. The minimum absolute atomic E-state index is 0.276. The van der Waals surface area contributed by atoms with Gasteiger partial charge in [-0.05, 0) is 65.0 Å². The van der Waals surface area contributed by atoms with E-state index in [0.29, 0.717) is 17.4 Å². The molecule has 0 spiro atoms. The van der Waals surface area contributed by atoms with E-state index in [1.54, 1.807) is 18.2 Å². The first kappa shape index (κ1) is 16.2. The van der Waals surface area contributed by atoms with Gasteiger partial charge >= 0.3 is 0 Å². The van der Waals surface area contributed by atoms with Gasteiger partial charge in [0.2, 0.25) is 10.0 Å². The van der Waals surface area contributed by atoms with Crippen LogP contribution in [0.3, 0.4) is 0 Å². The average Bonchev–Trinajstić information content (AvgIpc) is 2.40. The number of halogens is 1. The Bertz CT molecular complexity index is 742. The fourth-order valence-electron chi connectivity index (χ4n) is 2.11. The van der Waals surface area contributed by atoms with E-state index in [1.807, 2.05) is 38.1 Å². The Kier molecular flexibility index (Phi) is 5.19. The summed E-state index contributed by atoms with van der Waals surface area (Å²) in [6.07, 6.45) is 0.676. The molecule has 5 heteroatoms. The molecule has 112 valence electrons. The summed E-state index contributed by atoms with van der Waals surface area (Å²) in [6.45, 7) is 4.33. The zero-order valence-electron chi connectivity index (χ0n) is 12.1. The lowest BCUT2D eigenvalue weighted by atomic mass is 10.1. The average molecular weight is 368 g/mol. The lowest BCUT2D eigenvalue weighted by molar-refractivity contribution is 0.581. The molecule has 0 aliphatic heterocycles. The smallest absolute Gasteiger partial charge is 0.211 e. The molecule has 0 radical (unpaired) electrons. The van der Waals surface area contributed by atoms with Crippen LogP contribution in [-0.2, 0) is 16.4 Å². The third-order valence-corrected chi connectivity index (χ3v) is 5.76. The predicted octanol–water partition coefficient (Wildman–Crippen LogP) is 3.59. The van der Waals surface area contributed by atoms with Crippen LogP contribution in [0.2, 0.25) is 0 Å². The molecule has 2 aromatic carbocycles. The molecule has 3 nitrogen and oxygen atoms in total. The van der Waals surface area contributed by atoms with Crippen LogP contribution in [0.4, 0.5) is 0 Å². The highest BCUT2D eigenvalue weighted by Gasteiger charge is 2.16. The Morgan fingerprint density at radius 3 is 2.48 bits per heavy atom. The van der Waals surface area contributed by atoms with Gasteiger partial charge in [0, 0.05) is 11.0 Å². The van der Waals surface area contributed by atoms with Gasteiger partial charge in [0.25, 0.3) is 0 Å². The highest BCUT2D eigenvalue weighted by atomic mass is 79.9. The van der Waals surface area contributed by atoms with E-state index in [4.69, 9.17) is 0 Å². The molecule has 1 N–H and O–H groups in total. The van der Waals surface area contributed by atoms with E-state index < -0.39 is 10.0 Å². The van der Waals surface area contributed by atoms with Crippen LogP contribution in [-0.4, -0.2) is 15.0 Å². The molecule has 0 aromatic heterocycles. The molecular weight excluding hydrogens is 350 g/mol. The first-order valence-electron chi connectivity index (χ1n) is 6.70. The zero-order chi connectivity index (χ0) is 15.5. The Morgan fingerprint density at radius 1 is 1.10 bits per heavy atom. The van der Waals surface area contributed by atoms with Crippen LogP contribution < -0.4 is 4.72 Å². The number of rotatable bonds is 5. The summed E-state index contributed by atoms with van der Waals surface area (Å²) in [5.74, 6) is 0. The Balaban J connectivity index is 2.07. The molecule has 0 atom stereocenters. The van der Waals surface area contributed by atoms with Gasteiger partial charge in [0.05, 0.1) is 4.90 Å². The molecule has 0 saturated heterocycles. The SMILES string of the molecule is Cc1ccc(S(=O)(=O)NCCc2ccccc2C)c(Br)c1. The molecule has 0 fully saturated rings. The van der Waals surface area contributed by atoms with Crippen molar-refractivity contribution in [3.8, 4) is 0 Å². The first-order valence-corrected chi connectivity index (χ1v) is 8.98. The van der Waals surface area contributed by atoms with Crippen molar-refractivity contribution in [1.82, 2.24) is 4.72 Å². The number of sulfonamides is 1. The van der Waals surface area contributed by atoms with E-state index in [1.165, 1.54) is 5.56 Å². The first-order chi connectivity index (χ1) is 9.90. The fourth-order valence-corrected chi connectivity index (χ4v) is 4.33. The van der Waals surface area contributed by atoms with E-state index in [2.05, 4.69) is 20.7 Å². The second-order valence-electron chi connectivity index (χ2n) is 5.01. The lowest BCUT2D eigenvalue weighted by Crippen LogP contribution is -2.26. The second kappa shape index (κ2) is 6.73. The minimum atomic E-state index is -3.49. The van der Waals surface area contributed by atoms with Crippen molar-refractivity contribution in [2.75, 3.05) is 6.54 Å². The van der Waals surface area contributed by atoms with Crippen molar-refractivity contribution in [2.45, 2.75) is 25.2 Å². The maximum Gasteiger partial charge on any atom is 0.241 e. The Hall–Kier alpha value is -1.17. The third-order valence-electron chi connectivity index (χ3n) is 3.32. The van der Waals surface area contributed by atoms with E-state index in [9.17, 15) is 8.42 Å². The van der Waals surface area contributed by atoms with Gasteiger partial charge in [-0.15, -0.1) is 0 Å². The van der Waals surface area contributed by atoms with Crippen LogP contribution >= 0.6 is 15.9 Å².